The van der Waals surface area contributed by atoms with E-state index in [9.17, 15) is 0 Å². The van der Waals surface area contributed by atoms with Gasteiger partial charge in [-0.1, -0.05) is 22.0 Å². The van der Waals surface area contributed by atoms with E-state index in [1.165, 1.54) is 0 Å². The number of hydrogen-bond acceptors (Lipinski definition) is 4. The number of ether oxygens (including phenoxy) is 1. The van der Waals surface area contributed by atoms with Crippen molar-refractivity contribution in [3.63, 3.8) is 0 Å². The molecule has 0 aliphatic carbocycles. The monoisotopic (exact) mass is 303 g/mol. The van der Waals surface area contributed by atoms with Crippen LogP contribution in [-0.2, 0) is 5.33 Å². The van der Waals surface area contributed by atoms with E-state index in [2.05, 4.69) is 32.0 Å². The topological polar surface area (TPSA) is 58.8 Å². The van der Waals surface area contributed by atoms with Crippen LogP contribution < -0.4 is 4.74 Å². The zero-order valence-electron chi connectivity index (χ0n) is 9.72. The summed E-state index contributed by atoms with van der Waals surface area (Å²) in [5.74, 6) is 0.598. The third-order valence-corrected chi connectivity index (χ3v) is 3.00. The molecule has 0 aliphatic rings. The van der Waals surface area contributed by atoms with Crippen molar-refractivity contribution in [2.75, 3.05) is 0 Å². The van der Waals surface area contributed by atoms with Crippen LogP contribution in [0.1, 0.15) is 16.7 Å². The van der Waals surface area contributed by atoms with Crippen LogP contribution in [0, 0.1) is 18.3 Å². The Balaban J connectivity index is 2.25. The van der Waals surface area contributed by atoms with Gasteiger partial charge in [-0.15, -0.1) is 0 Å². The summed E-state index contributed by atoms with van der Waals surface area (Å²) in [5, 5.41) is 9.55. The molecule has 0 fully saturated rings. The summed E-state index contributed by atoms with van der Waals surface area (Å²) in [6, 6.07) is 7.61. The molecule has 0 radical (unpaired) electrons. The van der Waals surface area contributed by atoms with Crippen molar-refractivity contribution < 1.29 is 4.74 Å². The summed E-state index contributed by atoms with van der Waals surface area (Å²) in [6.45, 7) is 1.91. The van der Waals surface area contributed by atoms with Crippen LogP contribution >= 0.6 is 15.9 Å². The Bertz CT molecular complexity index is 590. The van der Waals surface area contributed by atoms with Crippen molar-refractivity contribution in [1.82, 2.24) is 9.97 Å². The van der Waals surface area contributed by atoms with Crippen LogP contribution in [0.25, 0.3) is 0 Å². The molecule has 4 nitrogen and oxygen atoms in total. The van der Waals surface area contributed by atoms with Gasteiger partial charge in [0.2, 0.25) is 0 Å². The molecule has 2 aromatic rings. The second kappa shape index (κ2) is 5.61. The fourth-order valence-corrected chi connectivity index (χ4v) is 1.63. The van der Waals surface area contributed by atoms with Gasteiger partial charge < -0.3 is 4.74 Å². The molecule has 0 bridgehead atoms. The van der Waals surface area contributed by atoms with Crippen molar-refractivity contribution in [3.05, 3.63) is 47.3 Å². The summed E-state index contributed by atoms with van der Waals surface area (Å²) in [5.41, 5.74) is 2.46. The summed E-state index contributed by atoms with van der Waals surface area (Å²) < 4.78 is 5.56. The largest absolute Gasteiger partial charge is 0.424 e. The molecule has 1 aromatic carbocycles. The third kappa shape index (κ3) is 2.84. The summed E-state index contributed by atoms with van der Waals surface area (Å²) in [7, 11) is 0. The first kappa shape index (κ1) is 12.5. The lowest BCUT2D eigenvalue weighted by atomic mass is 10.1. The van der Waals surface area contributed by atoms with Crippen LogP contribution in [0.3, 0.4) is 0 Å². The van der Waals surface area contributed by atoms with Gasteiger partial charge in [0.15, 0.2) is 0 Å². The van der Waals surface area contributed by atoms with Gasteiger partial charge in [-0.05, 0) is 30.2 Å². The molecule has 0 atom stereocenters. The lowest BCUT2D eigenvalue weighted by Gasteiger charge is -2.07. The Morgan fingerprint density at radius 1 is 1.33 bits per heavy atom. The number of benzene rings is 1. The zero-order valence-corrected chi connectivity index (χ0v) is 11.3. The van der Waals surface area contributed by atoms with Gasteiger partial charge in [0.1, 0.15) is 5.75 Å². The summed E-state index contributed by atoms with van der Waals surface area (Å²) in [6.07, 6.45) is 3.39. The molecule has 0 spiro atoms. The van der Waals surface area contributed by atoms with Crippen molar-refractivity contribution >= 4 is 15.9 Å². The molecule has 0 aliphatic heterocycles. The van der Waals surface area contributed by atoms with Crippen molar-refractivity contribution in [3.8, 4) is 17.8 Å². The smallest absolute Gasteiger partial charge is 0.321 e. The van der Waals surface area contributed by atoms with Crippen LogP contribution in [0.15, 0.2) is 30.6 Å². The highest BCUT2D eigenvalue weighted by molar-refractivity contribution is 9.08. The van der Waals surface area contributed by atoms with E-state index in [4.69, 9.17) is 10.00 Å². The predicted molar refractivity (Wildman–Crippen MR) is 70.6 cm³/mol. The maximum absolute atomic E-state index is 8.85. The number of halogens is 1. The Kier molecular flexibility index (Phi) is 3.90. The fourth-order valence-electron chi connectivity index (χ4n) is 1.34. The number of aromatic nitrogens is 2. The Labute approximate surface area is 113 Å². The maximum atomic E-state index is 8.85. The minimum atomic E-state index is 0.276. The molecular weight excluding hydrogens is 294 g/mol. The quantitative estimate of drug-likeness (QED) is 0.816. The minimum absolute atomic E-state index is 0.276. The van der Waals surface area contributed by atoms with E-state index in [1.807, 2.05) is 13.0 Å². The Morgan fingerprint density at radius 3 is 2.67 bits per heavy atom. The molecule has 0 saturated heterocycles. The van der Waals surface area contributed by atoms with E-state index in [0.29, 0.717) is 16.6 Å². The number of aryl methyl sites for hydroxylation is 1. The van der Waals surface area contributed by atoms with Crippen LogP contribution in [0.4, 0.5) is 0 Å². The predicted octanol–water partition coefficient (Wildman–Crippen LogP) is 3.34. The molecule has 5 heteroatoms. The first-order valence-electron chi connectivity index (χ1n) is 5.28. The Hall–Kier alpha value is -1.93. The highest BCUT2D eigenvalue weighted by Gasteiger charge is 2.05. The standard InChI is InChI=1S/C13H10BrN3O/c1-9-2-3-10(6-15)4-12(9)18-13-16-7-11(5-14)8-17-13/h2-4,7-8H,5H2,1H3. The lowest BCUT2D eigenvalue weighted by molar-refractivity contribution is 0.438. The van der Waals surface area contributed by atoms with Crippen molar-refractivity contribution in [2.24, 2.45) is 0 Å². The number of nitrogens with zero attached hydrogens (tertiary/aromatic N) is 3. The van der Waals surface area contributed by atoms with Crippen LogP contribution in [0.5, 0.6) is 11.8 Å². The van der Waals surface area contributed by atoms with Gasteiger partial charge in [0, 0.05) is 17.7 Å². The second-order valence-corrected chi connectivity index (χ2v) is 4.26. The maximum Gasteiger partial charge on any atom is 0.321 e. The van der Waals surface area contributed by atoms with Crippen molar-refractivity contribution in [2.45, 2.75) is 12.3 Å². The van der Waals surface area contributed by atoms with Gasteiger partial charge in [-0.25, -0.2) is 9.97 Å². The molecule has 0 saturated carbocycles. The molecule has 2 rings (SSSR count). The normalized spacial score (nSPS) is 9.83. The molecule has 0 amide bonds. The van der Waals surface area contributed by atoms with E-state index < -0.39 is 0 Å². The van der Waals surface area contributed by atoms with Crippen LogP contribution in [-0.4, -0.2) is 9.97 Å². The molecular formula is C13H10BrN3O. The molecule has 1 heterocycles. The van der Waals surface area contributed by atoms with Crippen molar-refractivity contribution in [1.29, 1.82) is 5.26 Å². The highest BCUT2D eigenvalue weighted by Crippen LogP contribution is 2.23. The van der Waals surface area contributed by atoms with Gasteiger partial charge in [0.25, 0.3) is 0 Å². The van der Waals surface area contributed by atoms with E-state index in [-0.39, 0.29) is 6.01 Å². The van der Waals surface area contributed by atoms with E-state index >= 15 is 0 Å². The first-order chi connectivity index (χ1) is 8.72. The number of hydrogen-bond donors (Lipinski definition) is 0. The van der Waals surface area contributed by atoms with Gasteiger partial charge in [0.05, 0.1) is 11.6 Å². The molecule has 90 valence electrons. The number of alkyl halides is 1. The lowest BCUT2D eigenvalue weighted by Crippen LogP contribution is -1.94. The van der Waals surface area contributed by atoms with Gasteiger partial charge in [-0.2, -0.15) is 5.26 Å². The number of rotatable bonds is 3. The zero-order chi connectivity index (χ0) is 13.0. The molecule has 1 aromatic heterocycles. The molecule has 0 N–H and O–H groups in total. The first-order valence-corrected chi connectivity index (χ1v) is 6.40. The molecule has 0 unspecified atom stereocenters. The van der Waals surface area contributed by atoms with Gasteiger partial charge in [-0.3, -0.25) is 0 Å². The van der Waals surface area contributed by atoms with E-state index in [1.54, 1.807) is 24.5 Å². The SMILES string of the molecule is Cc1ccc(C#N)cc1Oc1ncc(CBr)cn1. The summed E-state index contributed by atoms with van der Waals surface area (Å²) in [4.78, 5) is 8.19. The second-order valence-electron chi connectivity index (χ2n) is 3.70. The van der Waals surface area contributed by atoms with E-state index in [0.717, 1.165) is 11.1 Å². The fraction of sp³-hybridized carbons (Fsp3) is 0.154. The molecule has 18 heavy (non-hydrogen) atoms. The average Bonchev–Trinajstić information content (AvgIpc) is 2.42. The summed E-state index contributed by atoms with van der Waals surface area (Å²) >= 11 is 3.32. The third-order valence-electron chi connectivity index (χ3n) is 2.35. The average molecular weight is 304 g/mol. The Morgan fingerprint density at radius 2 is 2.06 bits per heavy atom. The van der Waals surface area contributed by atoms with Gasteiger partial charge >= 0.3 is 6.01 Å². The minimum Gasteiger partial charge on any atom is -0.424 e. The van der Waals surface area contributed by atoms with Crippen LogP contribution in [0.2, 0.25) is 0 Å². The number of nitriles is 1. The highest BCUT2D eigenvalue weighted by atomic mass is 79.9.